The predicted octanol–water partition coefficient (Wildman–Crippen LogP) is 2.34. The Kier molecular flexibility index (Phi) is 5.35. The van der Waals surface area contributed by atoms with Crippen molar-refractivity contribution in [1.82, 2.24) is 0 Å². The molecule has 106 valence electrons. The Balaban J connectivity index is 3.31. The summed E-state index contributed by atoms with van der Waals surface area (Å²) >= 11 is 0. The molecule has 1 aromatic carbocycles. The Hall–Kier alpha value is -1.56. The number of hydrogen-bond acceptors (Lipinski definition) is 3. The van der Waals surface area contributed by atoms with Gasteiger partial charge in [0.2, 0.25) is 10.0 Å². The Morgan fingerprint density at radius 1 is 1.21 bits per heavy atom. The van der Waals surface area contributed by atoms with Gasteiger partial charge in [-0.3, -0.25) is 4.31 Å². The summed E-state index contributed by atoms with van der Waals surface area (Å²) in [5.41, 5.74) is 0.251. The van der Waals surface area contributed by atoms with Gasteiger partial charge in [-0.1, -0.05) is 26.0 Å². The summed E-state index contributed by atoms with van der Waals surface area (Å²) in [5, 5.41) is 9.16. The minimum absolute atomic E-state index is 0.00984. The third-order valence-corrected chi connectivity index (χ3v) is 4.60. The molecule has 0 saturated heterocycles. The number of aromatic carboxylic acids is 1. The van der Waals surface area contributed by atoms with Gasteiger partial charge in [0.15, 0.2) is 0 Å². The zero-order valence-corrected chi connectivity index (χ0v) is 12.0. The summed E-state index contributed by atoms with van der Waals surface area (Å²) in [4.78, 5) is 11.2. The first-order valence-electron chi connectivity index (χ1n) is 6.26. The molecule has 0 aliphatic carbocycles. The maximum absolute atomic E-state index is 12.2. The highest BCUT2D eigenvalue weighted by atomic mass is 32.2. The molecule has 0 aliphatic heterocycles. The maximum atomic E-state index is 12.2. The van der Waals surface area contributed by atoms with Gasteiger partial charge in [0, 0.05) is 6.54 Å². The van der Waals surface area contributed by atoms with Crippen LogP contribution in [0.4, 0.5) is 5.69 Å². The van der Waals surface area contributed by atoms with Gasteiger partial charge in [-0.15, -0.1) is 0 Å². The highest BCUT2D eigenvalue weighted by Gasteiger charge is 2.24. The fraction of sp³-hybridized carbons (Fsp3) is 0.462. The molecule has 1 aromatic rings. The van der Waals surface area contributed by atoms with Gasteiger partial charge in [-0.25, -0.2) is 13.2 Å². The lowest BCUT2D eigenvalue weighted by atomic mass is 10.2. The Bertz CT molecular complexity index is 539. The van der Waals surface area contributed by atoms with Crippen molar-refractivity contribution >= 4 is 21.7 Å². The van der Waals surface area contributed by atoms with Crippen LogP contribution in [0.25, 0.3) is 0 Å². The molecule has 0 heterocycles. The highest BCUT2D eigenvalue weighted by molar-refractivity contribution is 7.92. The van der Waals surface area contributed by atoms with Gasteiger partial charge in [0.25, 0.3) is 0 Å². The number of benzene rings is 1. The Labute approximate surface area is 113 Å². The van der Waals surface area contributed by atoms with Crippen molar-refractivity contribution in [3.8, 4) is 0 Å². The van der Waals surface area contributed by atoms with E-state index < -0.39 is 16.0 Å². The summed E-state index contributed by atoms with van der Waals surface area (Å²) in [7, 11) is -3.47. The first kappa shape index (κ1) is 15.5. The fourth-order valence-electron chi connectivity index (χ4n) is 1.85. The Morgan fingerprint density at radius 2 is 1.84 bits per heavy atom. The van der Waals surface area contributed by atoms with Gasteiger partial charge < -0.3 is 5.11 Å². The molecule has 19 heavy (non-hydrogen) atoms. The van der Waals surface area contributed by atoms with E-state index in [1.165, 1.54) is 16.4 Å². The second-order valence-corrected chi connectivity index (χ2v) is 6.22. The van der Waals surface area contributed by atoms with Gasteiger partial charge in [-0.05, 0) is 25.0 Å². The van der Waals surface area contributed by atoms with Gasteiger partial charge in [0.05, 0.1) is 17.0 Å². The zero-order chi connectivity index (χ0) is 14.5. The van der Waals surface area contributed by atoms with Crippen molar-refractivity contribution < 1.29 is 18.3 Å². The molecule has 0 radical (unpaired) electrons. The quantitative estimate of drug-likeness (QED) is 0.834. The minimum Gasteiger partial charge on any atom is -0.478 e. The van der Waals surface area contributed by atoms with Gasteiger partial charge >= 0.3 is 5.97 Å². The number of carboxylic acid groups (broad SMARTS) is 1. The first-order valence-corrected chi connectivity index (χ1v) is 7.87. The summed E-state index contributed by atoms with van der Waals surface area (Å²) in [6.07, 6.45) is 1.12. The molecule has 0 unspecified atom stereocenters. The van der Waals surface area contributed by atoms with E-state index >= 15 is 0 Å². The summed E-state index contributed by atoms with van der Waals surface area (Å²) in [5.74, 6) is -1.11. The van der Waals surface area contributed by atoms with E-state index in [2.05, 4.69) is 0 Å². The van der Waals surface area contributed by atoms with E-state index in [4.69, 9.17) is 5.11 Å². The molecule has 0 atom stereocenters. The second kappa shape index (κ2) is 6.56. The lowest BCUT2D eigenvalue weighted by Crippen LogP contribution is -2.34. The average molecular weight is 285 g/mol. The van der Waals surface area contributed by atoms with Crippen LogP contribution >= 0.6 is 0 Å². The van der Waals surface area contributed by atoms with Gasteiger partial charge in [0.1, 0.15) is 0 Å². The van der Waals surface area contributed by atoms with Crippen molar-refractivity contribution in [2.45, 2.75) is 26.7 Å². The average Bonchev–Trinajstić information content (AvgIpc) is 2.35. The molecular formula is C13H19NO4S. The number of sulfonamides is 1. The van der Waals surface area contributed by atoms with Crippen molar-refractivity contribution in [2.75, 3.05) is 16.6 Å². The monoisotopic (exact) mass is 285 g/mol. The number of para-hydroxylation sites is 1. The molecule has 0 aromatic heterocycles. The van der Waals surface area contributed by atoms with Crippen LogP contribution in [0.1, 0.15) is 37.0 Å². The number of rotatable bonds is 7. The minimum atomic E-state index is -3.47. The van der Waals surface area contributed by atoms with Crippen LogP contribution in [0.3, 0.4) is 0 Å². The number of carbonyl (C=O) groups is 1. The molecule has 0 fully saturated rings. The van der Waals surface area contributed by atoms with E-state index in [9.17, 15) is 13.2 Å². The van der Waals surface area contributed by atoms with Crippen molar-refractivity contribution in [1.29, 1.82) is 0 Å². The standard InChI is InChI=1S/C13H19NO4S/c1-3-9-14(19(17,18)10-4-2)12-8-6-5-7-11(12)13(15)16/h5-8H,3-4,9-10H2,1-2H3,(H,15,16). The molecule has 5 nitrogen and oxygen atoms in total. The molecule has 0 amide bonds. The van der Waals surface area contributed by atoms with Crippen LogP contribution in [0.5, 0.6) is 0 Å². The van der Waals surface area contributed by atoms with E-state index in [1.807, 2.05) is 6.92 Å². The molecule has 0 bridgehead atoms. The van der Waals surface area contributed by atoms with E-state index in [0.717, 1.165) is 0 Å². The number of nitrogens with zero attached hydrogens (tertiary/aromatic N) is 1. The lowest BCUT2D eigenvalue weighted by Gasteiger charge is -2.25. The van der Waals surface area contributed by atoms with Crippen LogP contribution in [0.2, 0.25) is 0 Å². The van der Waals surface area contributed by atoms with E-state index in [1.54, 1.807) is 19.1 Å². The number of carboxylic acids is 1. The Morgan fingerprint density at radius 3 is 2.37 bits per heavy atom. The molecule has 1 N–H and O–H groups in total. The molecule has 1 rings (SSSR count). The zero-order valence-electron chi connectivity index (χ0n) is 11.2. The third kappa shape index (κ3) is 3.70. The van der Waals surface area contributed by atoms with Crippen molar-refractivity contribution in [3.63, 3.8) is 0 Å². The molecule has 0 saturated carbocycles. The van der Waals surface area contributed by atoms with E-state index in [0.29, 0.717) is 12.8 Å². The SMILES string of the molecule is CCCN(c1ccccc1C(=O)O)S(=O)(=O)CCC. The predicted molar refractivity (Wildman–Crippen MR) is 75.1 cm³/mol. The fourth-order valence-corrected chi connectivity index (χ4v) is 3.51. The lowest BCUT2D eigenvalue weighted by molar-refractivity contribution is 0.0698. The largest absolute Gasteiger partial charge is 0.478 e. The summed E-state index contributed by atoms with van der Waals surface area (Å²) in [6, 6.07) is 6.18. The molecule has 0 spiro atoms. The smallest absolute Gasteiger partial charge is 0.337 e. The van der Waals surface area contributed by atoms with Crippen LogP contribution in [0.15, 0.2) is 24.3 Å². The van der Waals surface area contributed by atoms with Crippen LogP contribution in [-0.2, 0) is 10.0 Å². The maximum Gasteiger partial charge on any atom is 0.337 e. The highest BCUT2D eigenvalue weighted by Crippen LogP contribution is 2.24. The second-order valence-electron chi connectivity index (χ2n) is 4.21. The normalized spacial score (nSPS) is 11.3. The molecule has 6 heteroatoms. The van der Waals surface area contributed by atoms with Crippen molar-refractivity contribution in [3.05, 3.63) is 29.8 Å². The number of hydrogen-bond donors (Lipinski definition) is 1. The topological polar surface area (TPSA) is 74.7 Å². The van der Waals surface area contributed by atoms with Crippen LogP contribution < -0.4 is 4.31 Å². The van der Waals surface area contributed by atoms with Gasteiger partial charge in [-0.2, -0.15) is 0 Å². The first-order chi connectivity index (χ1) is 8.94. The molecular weight excluding hydrogens is 266 g/mol. The third-order valence-electron chi connectivity index (χ3n) is 2.63. The van der Waals surface area contributed by atoms with Crippen molar-refractivity contribution in [2.24, 2.45) is 0 Å². The summed E-state index contributed by atoms with van der Waals surface area (Å²) < 4.78 is 25.7. The van der Waals surface area contributed by atoms with Crippen LogP contribution in [0, 0.1) is 0 Å². The summed E-state index contributed by atoms with van der Waals surface area (Å²) in [6.45, 7) is 3.93. The molecule has 0 aliphatic rings. The number of anilines is 1. The van der Waals surface area contributed by atoms with E-state index in [-0.39, 0.29) is 23.5 Å². The van der Waals surface area contributed by atoms with Crippen LogP contribution in [-0.4, -0.2) is 31.8 Å².